The molecule has 1 aromatic carbocycles. The van der Waals surface area contributed by atoms with E-state index in [9.17, 15) is 9.59 Å². The van der Waals surface area contributed by atoms with Gasteiger partial charge in [0, 0.05) is 26.1 Å². The van der Waals surface area contributed by atoms with Crippen LogP contribution in [0.15, 0.2) is 23.9 Å². The lowest BCUT2D eigenvalue weighted by Crippen LogP contribution is -2.42. The number of carbonyl (C=O) groups is 2. The first-order valence-corrected chi connectivity index (χ1v) is 7.94. The topological polar surface area (TPSA) is 73.9 Å². The molecule has 1 aromatic rings. The largest absolute Gasteiger partial charge is 0.489 e. The second-order valence-corrected chi connectivity index (χ2v) is 6.62. The minimum atomic E-state index is -1.29. The van der Waals surface area contributed by atoms with Crippen molar-refractivity contribution in [3.8, 4) is 5.75 Å². The van der Waals surface area contributed by atoms with Crippen LogP contribution in [0.4, 0.5) is 5.69 Å². The van der Waals surface area contributed by atoms with E-state index >= 15 is 0 Å². The van der Waals surface area contributed by atoms with Gasteiger partial charge in [-0.25, -0.2) is 9.59 Å². The maximum absolute atomic E-state index is 11.9. The normalized spacial score (nSPS) is 16.5. The summed E-state index contributed by atoms with van der Waals surface area (Å²) in [6, 6.07) is 3.08. The van der Waals surface area contributed by atoms with Crippen LogP contribution in [0.2, 0.25) is 10.0 Å². The maximum Gasteiger partial charge on any atom is 0.350 e. The molecule has 2 rings (SSSR count). The van der Waals surface area contributed by atoms with Gasteiger partial charge in [-0.3, -0.25) is 0 Å². The fourth-order valence-electron chi connectivity index (χ4n) is 1.91. The number of halogens is 2. The molecule has 0 spiro atoms. The summed E-state index contributed by atoms with van der Waals surface area (Å²) in [6.07, 6.45) is 1.11. The Hall–Kier alpha value is -1.92. The van der Waals surface area contributed by atoms with E-state index in [1.807, 2.05) is 13.8 Å². The Kier molecular flexibility index (Phi) is 5.30. The van der Waals surface area contributed by atoms with Crippen molar-refractivity contribution in [2.75, 3.05) is 5.32 Å². The third-order valence-electron chi connectivity index (χ3n) is 2.87. The molecule has 0 saturated carbocycles. The highest BCUT2D eigenvalue weighted by Crippen LogP contribution is 2.35. The molecule has 8 heteroatoms. The second kappa shape index (κ2) is 6.91. The monoisotopic (exact) mass is 373 g/mol. The van der Waals surface area contributed by atoms with Gasteiger partial charge in [0.1, 0.15) is 5.75 Å². The molecule has 1 heterocycles. The van der Waals surface area contributed by atoms with Crippen LogP contribution in [-0.4, -0.2) is 23.8 Å². The molecule has 1 saturated heterocycles. The number of ether oxygens (including phenoxy) is 3. The van der Waals surface area contributed by atoms with Crippen LogP contribution in [-0.2, 0) is 19.1 Å². The van der Waals surface area contributed by atoms with E-state index in [0.717, 1.165) is 0 Å². The smallest absolute Gasteiger partial charge is 0.350 e. The molecule has 6 nitrogen and oxygen atoms in total. The van der Waals surface area contributed by atoms with Crippen molar-refractivity contribution in [3.63, 3.8) is 0 Å². The quantitative estimate of drug-likeness (QED) is 0.489. The Morgan fingerprint density at radius 2 is 1.71 bits per heavy atom. The van der Waals surface area contributed by atoms with Gasteiger partial charge in [0.15, 0.2) is 5.57 Å². The molecule has 1 fully saturated rings. The van der Waals surface area contributed by atoms with Gasteiger partial charge >= 0.3 is 11.9 Å². The van der Waals surface area contributed by atoms with E-state index in [-0.39, 0.29) is 11.7 Å². The van der Waals surface area contributed by atoms with E-state index < -0.39 is 17.7 Å². The highest BCUT2D eigenvalue weighted by molar-refractivity contribution is 6.36. The van der Waals surface area contributed by atoms with Crippen LogP contribution >= 0.6 is 23.2 Å². The summed E-state index contributed by atoms with van der Waals surface area (Å²) in [4.78, 5) is 23.7. The van der Waals surface area contributed by atoms with Gasteiger partial charge in [-0.2, -0.15) is 0 Å². The number of rotatable bonds is 4. The summed E-state index contributed by atoms with van der Waals surface area (Å²) in [5, 5.41) is 3.40. The van der Waals surface area contributed by atoms with Crippen molar-refractivity contribution in [1.29, 1.82) is 0 Å². The SMILES string of the molecule is CC(C)Oc1cc(Cl)c(NC=C2C(=O)OC(C)(C)OC2=O)cc1Cl. The number of hydrogen-bond donors (Lipinski definition) is 1. The third kappa shape index (κ3) is 4.33. The molecule has 130 valence electrons. The van der Waals surface area contributed by atoms with Crippen LogP contribution < -0.4 is 10.1 Å². The van der Waals surface area contributed by atoms with Gasteiger partial charge in [-0.1, -0.05) is 23.2 Å². The van der Waals surface area contributed by atoms with Crippen LogP contribution in [0, 0.1) is 0 Å². The first kappa shape index (κ1) is 18.4. The van der Waals surface area contributed by atoms with Crippen molar-refractivity contribution in [1.82, 2.24) is 0 Å². The lowest BCUT2D eigenvalue weighted by atomic mass is 10.2. The molecular formula is C16H17Cl2NO5. The number of esters is 2. The van der Waals surface area contributed by atoms with Crippen molar-refractivity contribution >= 4 is 40.8 Å². The summed E-state index contributed by atoms with van der Waals surface area (Å²) in [7, 11) is 0. The standard InChI is InChI=1S/C16H17Cl2NO5/c1-8(2)22-13-6-10(17)12(5-11(13)18)19-7-9-14(20)23-16(3,4)24-15(9)21/h5-8,19H,1-4H3. The Bertz CT molecular complexity index is 691. The summed E-state index contributed by atoms with van der Waals surface area (Å²) in [5.41, 5.74) is 0.125. The highest BCUT2D eigenvalue weighted by Gasteiger charge is 2.38. The van der Waals surface area contributed by atoms with Crippen molar-refractivity contribution in [2.45, 2.75) is 39.6 Å². The number of nitrogens with one attached hydrogen (secondary N) is 1. The predicted molar refractivity (Wildman–Crippen MR) is 90.2 cm³/mol. The summed E-state index contributed by atoms with van der Waals surface area (Å²) < 4.78 is 15.5. The molecule has 0 amide bonds. The van der Waals surface area contributed by atoms with Gasteiger partial charge in [0.05, 0.1) is 21.8 Å². The zero-order valence-electron chi connectivity index (χ0n) is 13.6. The zero-order chi connectivity index (χ0) is 18.1. The molecular weight excluding hydrogens is 357 g/mol. The van der Waals surface area contributed by atoms with E-state index in [4.69, 9.17) is 37.4 Å². The summed E-state index contributed by atoms with van der Waals surface area (Å²) in [6.45, 7) is 6.67. The third-order valence-corrected chi connectivity index (χ3v) is 3.48. The Morgan fingerprint density at radius 1 is 1.12 bits per heavy atom. The van der Waals surface area contributed by atoms with Crippen LogP contribution in [0.25, 0.3) is 0 Å². The Labute approximate surface area is 149 Å². The fraction of sp³-hybridized carbons (Fsp3) is 0.375. The first-order chi connectivity index (χ1) is 11.1. The number of benzene rings is 1. The summed E-state index contributed by atoms with van der Waals surface area (Å²) >= 11 is 12.3. The molecule has 0 aromatic heterocycles. The molecule has 0 aliphatic carbocycles. The zero-order valence-corrected chi connectivity index (χ0v) is 15.1. The van der Waals surface area contributed by atoms with Crippen molar-refractivity contribution in [3.05, 3.63) is 34.0 Å². The lowest BCUT2D eigenvalue weighted by Gasteiger charge is -2.29. The maximum atomic E-state index is 11.9. The van der Waals surface area contributed by atoms with Gasteiger partial charge < -0.3 is 19.5 Å². The lowest BCUT2D eigenvalue weighted by molar-refractivity contribution is -0.222. The van der Waals surface area contributed by atoms with Gasteiger partial charge in [-0.05, 0) is 19.9 Å². The van der Waals surface area contributed by atoms with E-state index in [1.165, 1.54) is 26.1 Å². The minimum absolute atomic E-state index is 0.0605. The molecule has 1 aliphatic heterocycles. The van der Waals surface area contributed by atoms with Crippen molar-refractivity contribution < 1.29 is 23.8 Å². The number of cyclic esters (lactones) is 2. The van der Waals surface area contributed by atoms with E-state index in [0.29, 0.717) is 21.5 Å². The molecule has 24 heavy (non-hydrogen) atoms. The summed E-state index contributed by atoms with van der Waals surface area (Å²) in [5.74, 6) is -2.42. The number of hydrogen-bond acceptors (Lipinski definition) is 6. The van der Waals surface area contributed by atoms with Crippen LogP contribution in [0.1, 0.15) is 27.7 Å². The molecule has 0 bridgehead atoms. The van der Waals surface area contributed by atoms with Crippen molar-refractivity contribution in [2.24, 2.45) is 0 Å². The van der Waals surface area contributed by atoms with Crippen LogP contribution in [0.5, 0.6) is 5.75 Å². The van der Waals surface area contributed by atoms with Gasteiger partial charge in [-0.15, -0.1) is 0 Å². The Balaban J connectivity index is 2.21. The first-order valence-electron chi connectivity index (χ1n) is 7.18. The molecule has 1 aliphatic rings. The molecule has 1 N–H and O–H groups in total. The average Bonchev–Trinajstić information content (AvgIpc) is 2.40. The predicted octanol–water partition coefficient (Wildman–Crippen LogP) is 3.91. The van der Waals surface area contributed by atoms with Crippen LogP contribution in [0.3, 0.4) is 0 Å². The Morgan fingerprint density at radius 3 is 2.25 bits per heavy atom. The fourth-order valence-corrected chi connectivity index (χ4v) is 2.33. The average molecular weight is 374 g/mol. The highest BCUT2D eigenvalue weighted by atomic mass is 35.5. The minimum Gasteiger partial charge on any atom is -0.489 e. The molecule has 0 radical (unpaired) electrons. The number of carbonyl (C=O) groups excluding carboxylic acids is 2. The molecule has 0 unspecified atom stereocenters. The molecule has 0 atom stereocenters. The van der Waals surface area contributed by atoms with Gasteiger partial charge in [0.2, 0.25) is 0 Å². The second-order valence-electron chi connectivity index (χ2n) is 5.81. The number of anilines is 1. The van der Waals surface area contributed by atoms with E-state index in [2.05, 4.69) is 5.32 Å². The van der Waals surface area contributed by atoms with E-state index in [1.54, 1.807) is 6.07 Å². The van der Waals surface area contributed by atoms with Gasteiger partial charge in [0.25, 0.3) is 5.79 Å².